The molecule has 0 aliphatic carbocycles. The van der Waals surface area contributed by atoms with Crippen molar-refractivity contribution in [2.24, 2.45) is 0 Å². The van der Waals surface area contributed by atoms with Gasteiger partial charge in [-0.2, -0.15) is 0 Å². The zero-order valence-electron chi connectivity index (χ0n) is 10.3. The van der Waals surface area contributed by atoms with Crippen molar-refractivity contribution in [1.82, 2.24) is 4.98 Å². The van der Waals surface area contributed by atoms with Crippen LogP contribution in [0.5, 0.6) is 11.6 Å². The zero-order valence-corrected chi connectivity index (χ0v) is 10.3. The standard InChI is InChI=1S/C14H11NO5/c16-13(17)7-9-3-1-2-4-11(9)20-12-6-5-10(8-15-12)14(18)19/h1-6,8H,7H2,(H,16,17)(H,18,19). The molecule has 0 aliphatic rings. The van der Waals surface area contributed by atoms with Crippen molar-refractivity contribution in [2.45, 2.75) is 6.42 Å². The number of aromatic nitrogens is 1. The van der Waals surface area contributed by atoms with Gasteiger partial charge >= 0.3 is 11.9 Å². The quantitative estimate of drug-likeness (QED) is 0.866. The van der Waals surface area contributed by atoms with Crippen LogP contribution in [0.2, 0.25) is 0 Å². The number of aliphatic carboxylic acids is 1. The van der Waals surface area contributed by atoms with Crippen LogP contribution in [-0.4, -0.2) is 27.1 Å². The van der Waals surface area contributed by atoms with Crippen LogP contribution in [0.25, 0.3) is 0 Å². The van der Waals surface area contributed by atoms with E-state index >= 15 is 0 Å². The van der Waals surface area contributed by atoms with E-state index in [2.05, 4.69) is 4.98 Å². The van der Waals surface area contributed by atoms with Gasteiger partial charge in [-0.3, -0.25) is 4.79 Å². The van der Waals surface area contributed by atoms with Gasteiger partial charge in [-0.1, -0.05) is 18.2 Å². The Hall–Kier alpha value is -2.89. The van der Waals surface area contributed by atoms with Crippen molar-refractivity contribution >= 4 is 11.9 Å². The van der Waals surface area contributed by atoms with Gasteiger partial charge in [0.25, 0.3) is 0 Å². The smallest absolute Gasteiger partial charge is 0.337 e. The highest BCUT2D eigenvalue weighted by molar-refractivity contribution is 5.87. The van der Waals surface area contributed by atoms with Crippen LogP contribution in [-0.2, 0) is 11.2 Å². The summed E-state index contributed by atoms with van der Waals surface area (Å²) in [5.41, 5.74) is 0.570. The number of benzene rings is 1. The molecule has 0 amide bonds. The Morgan fingerprint density at radius 1 is 1.10 bits per heavy atom. The average Bonchev–Trinajstić information content (AvgIpc) is 2.41. The number of carboxylic acid groups (broad SMARTS) is 2. The second-order valence-corrected chi connectivity index (χ2v) is 3.97. The highest BCUT2D eigenvalue weighted by Gasteiger charge is 2.09. The second kappa shape index (κ2) is 5.83. The minimum atomic E-state index is -1.07. The molecule has 0 saturated carbocycles. The Kier molecular flexibility index (Phi) is 3.95. The molecule has 0 unspecified atom stereocenters. The van der Waals surface area contributed by atoms with E-state index in [0.29, 0.717) is 11.3 Å². The molecule has 0 atom stereocenters. The summed E-state index contributed by atoms with van der Waals surface area (Å²) in [7, 11) is 0. The number of carbonyl (C=O) groups is 2. The molecule has 1 aromatic carbocycles. The van der Waals surface area contributed by atoms with Gasteiger partial charge in [0.05, 0.1) is 12.0 Å². The fourth-order valence-electron chi connectivity index (χ4n) is 1.59. The highest BCUT2D eigenvalue weighted by Crippen LogP contribution is 2.24. The zero-order chi connectivity index (χ0) is 14.5. The second-order valence-electron chi connectivity index (χ2n) is 3.97. The molecule has 0 spiro atoms. The maximum Gasteiger partial charge on any atom is 0.337 e. The summed E-state index contributed by atoms with van der Waals surface area (Å²) in [5.74, 6) is -1.45. The summed E-state index contributed by atoms with van der Waals surface area (Å²) in [6.45, 7) is 0. The van der Waals surface area contributed by atoms with Crippen molar-refractivity contribution in [3.8, 4) is 11.6 Å². The first-order valence-electron chi connectivity index (χ1n) is 5.73. The molecule has 2 rings (SSSR count). The van der Waals surface area contributed by atoms with Crippen molar-refractivity contribution in [3.63, 3.8) is 0 Å². The Morgan fingerprint density at radius 2 is 1.85 bits per heavy atom. The number of para-hydroxylation sites is 1. The molecule has 20 heavy (non-hydrogen) atoms. The minimum Gasteiger partial charge on any atom is -0.481 e. The number of ether oxygens (including phenoxy) is 1. The predicted octanol–water partition coefficient (Wildman–Crippen LogP) is 2.20. The van der Waals surface area contributed by atoms with Crippen molar-refractivity contribution < 1.29 is 24.5 Å². The van der Waals surface area contributed by atoms with Gasteiger partial charge in [-0.25, -0.2) is 9.78 Å². The summed E-state index contributed by atoms with van der Waals surface area (Å²) in [6, 6.07) is 9.49. The van der Waals surface area contributed by atoms with E-state index in [1.807, 2.05) is 0 Å². The molecule has 2 N–H and O–H groups in total. The molecule has 0 bridgehead atoms. The molecular formula is C14H11NO5. The summed E-state index contributed by atoms with van der Waals surface area (Å²) >= 11 is 0. The molecule has 0 radical (unpaired) electrons. The van der Waals surface area contributed by atoms with Crippen molar-refractivity contribution in [1.29, 1.82) is 0 Å². The summed E-state index contributed by atoms with van der Waals surface area (Å²) < 4.78 is 5.48. The first kappa shape index (κ1) is 13.5. The topological polar surface area (TPSA) is 96.7 Å². The van der Waals surface area contributed by atoms with Gasteiger partial charge in [0.15, 0.2) is 0 Å². The number of hydrogen-bond acceptors (Lipinski definition) is 4. The highest BCUT2D eigenvalue weighted by atomic mass is 16.5. The molecule has 6 heteroatoms. The van der Waals surface area contributed by atoms with Crippen LogP contribution < -0.4 is 4.74 Å². The Morgan fingerprint density at radius 3 is 2.45 bits per heavy atom. The molecule has 0 aliphatic heterocycles. The number of carboxylic acids is 2. The van der Waals surface area contributed by atoms with Gasteiger partial charge < -0.3 is 14.9 Å². The van der Waals surface area contributed by atoms with E-state index in [1.54, 1.807) is 24.3 Å². The molecular weight excluding hydrogens is 262 g/mol. The third-order valence-electron chi connectivity index (χ3n) is 2.51. The van der Waals surface area contributed by atoms with Crippen LogP contribution >= 0.6 is 0 Å². The fraction of sp³-hybridized carbons (Fsp3) is 0.0714. The van der Waals surface area contributed by atoms with E-state index in [1.165, 1.54) is 18.3 Å². The monoisotopic (exact) mass is 273 g/mol. The number of hydrogen-bond donors (Lipinski definition) is 2. The van der Waals surface area contributed by atoms with Gasteiger partial charge in [0.2, 0.25) is 5.88 Å². The lowest BCUT2D eigenvalue weighted by atomic mass is 10.1. The SMILES string of the molecule is O=C(O)Cc1ccccc1Oc1ccc(C(=O)O)cn1. The van der Waals surface area contributed by atoms with E-state index in [0.717, 1.165) is 0 Å². The largest absolute Gasteiger partial charge is 0.481 e. The first-order valence-corrected chi connectivity index (χ1v) is 5.73. The summed E-state index contributed by atoms with van der Waals surface area (Å²) in [6.07, 6.45) is 1.01. The Labute approximate surface area is 114 Å². The van der Waals surface area contributed by atoms with Gasteiger partial charge in [0.1, 0.15) is 5.75 Å². The van der Waals surface area contributed by atoms with Crippen molar-refractivity contribution in [2.75, 3.05) is 0 Å². The van der Waals surface area contributed by atoms with Gasteiger partial charge in [0, 0.05) is 17.8 Å². The van der Waals surface area contributed by atoms with E-state index in [4.69, 9.17) is 14.9 Å². The molecule has 1 aromatic heterocycles. The van der Waals surface area contributed by atoms with Crippen LogP contribution in [0, 0.1) is 0 Å². The Balaban J connectivity index is 2.21. The maximum atomic E-state index is 10.8. The minimum absolute atomic E-state index is 0.0520. The van der Waals surface area contributed by atoms with Crippen LogP contribution in [0.4, 0.5) is 0 Å². The molecule has 0 saturated heterocycles. The van der Waals surface area contributed by atoms with Crippen LogP contribution in [0.15, 0.2) is 42.6 Å². The molecule has 1 heterocycles. The molecule has 0 fully saturated rings. The van der Waals surface area contributed by atoms with Crippen LogP contribution in [0.1, 0.15) is 15.9 Å². The van der Waals surface area contributed by atoms with Crippen molar-refractivity contribution in [3.05, 3.63) is 53.7 Å². The maximum absolute atomic E-state index is 10.8. The average molecular weight is 273 g/mol. The van der Waals surface area contributed by atoms with E-state index < -0.39 is 11.9 Å². The van der Waals surface area contributed by atoms with E-state index in [-0.39, 0.29) is 17.9 Å². The normalized spacial score (nSPS) is 10.0. The Bertz CT molecular complexity index is 636. The number of rotatable bonds is 5. The third-order valence-corrected chi connectivity index (χ3v) is 2.51. The molecule has 6 nitrogen and oxygen atoms in total. The number of aromatic carboxylic acids is 1. The lowest BCUT2D eigenvalue weighted by Gasteiger charge is -2.08. The number of pyridine rings is 1. The fourth-order valence-corrected chi connectivity index (χ4v) is 1.59. The lowest BCUT2D eigenvalue weighted by molar-refractivity contribution is -0.136. The lowest BCUT2D eigenvalue weighted by Crippen LogP contribution is -2.02. The van der Waals surface area contributed by atoms with Crippen LogP contribution in [0.3, 0.4) is 0 Å². The van der Waals surface area contributed by atoms with Gasteiger partial charge in [-0.15, -0.1) is 0 Å². The van der Waals surface area contributed by atoms with E-state index in [9.17, 15) is 9.59 Å². The first-order chi connectivity index (χ1) is 9.56. The predicted molar refractivity (Wildman–Crippen MR) is 69.1 cm³/mol. The van der Waals surface area contributed by atoms with Gasteiger partial charge in [-0.05, 0) is 12.1 Å². The summed E-state index contributed by atoms with van der Waals surface area (Å²) in [5, 5.41) is 17.6. The molecule has 102 valence electrons. The number of nitrogens with zero attached hydrogens (tertiary/aromatic N) is 1. The third kappa shape index (κ3) is 3.32. The summed E-state index contributed by atoms with van der Waals surface area (Å²) in [4.78, 5) is 25.3. The molecule has 2 aromatic rings.